The van der Waals surface area contributed by atoms with Crippen molar-refractivity contribution < 1.29 is 0 Å². The third-order valence-corrected chi connectivity index (χ3v) is 3.33. The monoisotopic (exact) mass is 234 g/mol. The minimum Gasteiger partial charge on any atom is -0.324 e. The molecule has 1 aromatic rings. The standard InChI is InChI=1S/C15H26N2/c1-5-15(4,16)12-17(13(2)3)11-14-9-7-6-8-10-14/h6-10,13H,5,11-12,16H2,1-4H3. The molecular formula is C15H26N2. The van der Waals surface area contributed by atoms with E-state index < -0.39 is 0 Å². The van der Waals surface area contributed by atoms with Gasteiger partial charge in [-0.1, -0.05) is 37.3 Å². The van der Waals surface area contributed by atoms with Gasteiger partial charge in [0.05, 0.1) is 0 Å². The Bertz CT molecular complexity index is 317. The molecule has 1 aromatic carbocycles. The molecule has 0 saturated heterocycles. The lowest BCUT2D eigenvalue weighted by Crippen LogP contribution is -2.49. The van der Waals surface area contributed by atoms with Crippen LogP contribution < -0.4 is 5.73 Å². The summed E-state index contributed by atoms with van der Waals surface area (Å²) in [5.74, 6) is 0. The summed E-state index contributed by atoms with van der Waals surface area (Å²) in [5.41, 5.74) is 7.52. The predicted molar refractivity (Wildman–Crippen MR) is 74.9 cm³/mol. The zero-order valence-corrected chi connectivity index (χ0v) is 11.6. The molecule has 0 spiro atoms. The average Bonchev–Trinajstić information content (AvgIpc) is 2.29. The predicted octanol–water partition coefficient (Wildman–Crippen LogP) is 3.02. The molecule has 0 aliphatic heterocycles. The van der Waals surface area contributed by atoms with Gasteiger partial charge in [0.1, 0.15) is 0 Å². The van der Waals surface area contributed by atoms with E-state index in [2.05, 4.69) is 62.9 Å². The van der Waals surface area contributed by atoms with Gasteiger partial charge in [-0.25, -0.2) is 0 Å². The zero-order valence-electron chi connectivity index (χ0n) is 11.6. The lowest BCUT2D eigenvalue weighted by Gasteiger charge is -2.34. The maximum Gasteiger partial charge on any atom is 0.0252 e. The van der Waals surface area contributed by atoms with Gasteiger partial charge in [0, 0.05) is 24.7 Å². The quantitative estimate of drug-likeness (QED) is 0.820. The minimum absolute atomic E-state index is 0.0982. The zero-order chi connectivity index (χ0) is 12.9. The Kier molecular flexibility index (Phi) is 5.16. The summed E-state index contributed by atoms with van der Waals surface area (Å²) in [6, 6.07) is 11.1. The SMILES string of the molecule is CCC(C)(N)CN(Cc1ccccc1)C(C)C. The van der Waals surface area contributed by atoms with Crippen molar-refractivity contribution in [1.29, 1.82) is 0 Å². The van der Waals surface area contributed by atoms with Gasteiger partial charge in [0.25, 0.3) is 0 Å². The van der Waals surface area contributed by atoms with Gasteiger partial charge in [-0.15, -0.1) is 0 Å². The van der Waals surface area contributed by atoms with Crippen LogP contribution in [-0.4, -0.2) is 23.0 Å². The summed E-state index contributed by atoms with van der Waals surface area (Å²) < 4.78 is 0. The summed E-state index contributed by atoms with van der Waals surface area (Å²) in [6.45, 7) is 10.7. The largest absolute Gasteiger partial charge is 0.324 e. The average molecular weight is 234 g/mol. The molecule has 0 saturated carbocycles. The Morgan fingerprint density at radius 1 is 1.24 bits per heavy atom. The highest BCUT2D eigenvalue weighted by atomic mass is 15.2. The molecule has 0 radical (unpaired) electrons. The molecule has 0 fully saturated rings. The highest BCUT2D eigenvalue weighted by molar-refractivity contribution is 5.14. The van der Waals surface area contributed by atoms with Crippen molar-refractivity contribution in [3.05, 3.63) is 35.9 Å². The Labute approximate surface area is 106 Å². The second kappa shape index (κ2) is 6.18. The Morgan fingerprint density at radius 3 is 2.29 bits per heavy atom. The maximum atomic E-state index is 6.27. The van der Waals surface area contributed by atoms with Crippen LogP contribution in [0, 0.1) is 0 Å². The normalized spacial score (nSPS) is 15.2. The van der Waals surface area contributed by atoms with Crippen molar-refractivity contribution >= 4 is 0 Å². The van der Waals surface area contributed by atoms with Crippen LogP contribution in [-0.2, 0) is 6.54 Å². The maximum absolute atomic E-state index is 6.27. The highest BCUT2D eigenvalue weighted by Crippen LogP contribution is 2.14. The fraction of sp³-hybridized carbons (Fsp3) is 0.600. The van der Waals surface area contributed by atoms with Crippen molar-refractivity contribution in [3.8, 4) is 0 Å². The Hall–Kier alpha value is -0.860. The lowest BCUT2D eigenvalue weighted by atomic mass is 9.98. The number of hydrogen-bond acceptors (Lipinski definition) is 2. The van der Waals surface area contributed by atoms with Crippen LogP contribution in [0.5, 0.6) is 0 Å². The summed E-state index contributed by atoms with van der Waals surface area (Å²) in [4.78, 5) is 2.44. The first-order chi connectivity index (χ1) is 7.94. The third-order valence-electron chi connectivity index (χ3n) is 3.33. The summed E-state index contributed by atoms with van der Waals surface area (Å²) in [7, 11) is 0. The van der Waals surface area contributed by atoms with Crippen LogP contribution in [0.2, 0.25) is 0 Å². The molecule has 0 heterocycles. The molecule has 17 heavy (non-hydrogen) atoms. The van der Waals surface area contributed by atoms with Crippen LogP contribution in [0.1, 0.15) is 39.7 Å². The van der Waals surface area contributed by atoms with E-state index >= 15 is 0 Å². The fourth-order valence-electron chi connectivity index (χ4n) is 1.81. The number of rotatable bonds is 6. The Morgan fingerprint density at radius 2 is 1.82 bits per heavy atom. The van der Waals surface area contributed by atoms with Crippen molar-refractivity contribution in [2.24, 2.45) is 5.73 Å². The lowest BCUT2D eigenvalue weighted by molar-refractivity contribution is 0.166. The minimum atomic E-state index is -0.0982. The van der Waals surface area contributed by atoms with Gasteiger partial charge in [-0.05, 0) is 32.8 Å². The molecule has 0 aliphatic carbocycles. The molecule has 0 aliphatic rings. The molecule has 0 bridgehead atoms. The van der Waals surface area contributed by atoms with Crippen LogP contribution in [0.25, 0.3) is 0 Å². The first-order valence-corrected chi connectivity index (χ1v) is 6.51. The van der Waals surface area contributed by atoms with E-state index in [1.807, 2.05) is 0 Å². The summed E-state index contributed by atoms with van der Waals surface area (Å²) >= 11 is 0. The number of benzene rings is 1. The van der Waals surface area contributed by atoms with Crippen LogP contribution >= 0.6 is 0 Å². The van der Waals surface area contributed by atoms with E-state index in [4.69, 9.17) is 5.73 Å². The van der Waals surface area contributed by atoms with E-state index in [1.54, 1.807) is 0 Å². The van der Waals surface area contributed by atoms with E-state index in [0.717, 1.165) is 19.5 Å². The van der Waals surface area contributed by atoms with E-state index in [-0.39, 0.29) is 5.54 Å². The van der Waals surface area contributed by atoms with Gasteiger partial charge in [0.15, 0.2) is 0 Å². The Balaban J connectivity index is 2.68. The van der Waals surface area contributed by atoms with E-state index in [0.29, 0.717) is 6.04 Å². The second-order valence-corrected chi connectivity index (χ2v) is 5.49. The van der Waals surface area contributed by atoms with Gasteiger partial charge in [0.2, 0.25) is 0 Å². The number of nitrogens with two attached hydrogens (primary N) is 1. The fourth-order valence-corrected chi connectivity index (χ4v) is 1.81. The number of hydrogen-bond donors (Lipinski definition) is 1. The molecule has 2 N–H and O–H groups in total. The van der Waals surface area contributed by atoms with Gasteiger partial charge in [-0.2, -0.15) is 0 Å². The molecule has 1 atom stereocenters. The summed E-state index contributed by atoms with van der Waals surface area (Å²) in [6.07, 6.45) is 1.00. The number of nitrogens with zero attached hydrogens (tertiary/aromatic N) is 1. The second-order valence-electron chi connectivity index (χ2n) is 5.49. The third kappa shape index (κ3) is 4.88. The molecule has 1 rings (SSSR count). The van der Waals surface area contributed by atoms with Gasteiger partial charge < -0.3 is 5.73 Å². The van der Waals surface area contributed by atoms with Crippen molar-refractivity contribution in [1.82, 2.24) is 4.90 Å². The summed E-state index contributed by atoms with van der Waals surface area (Å²) in [5, 5.41) is 0. The van der Waals surface area contributed by atoms with Crippen LogP contribution in [0.3, 0.4) is 0 Å². The van der Waals surface area contributed by atoms with Crippen molar-refractivity contribution in [3.63, 3.8) is 0 Å². The first kappa shape index (κ1) is 14.2. The van der Waals surface area contributed by atoms with Gasteiger partial charge >= 0.3 is 0 Å². The molecule has 96 valence electrons. The van der Waals surface area contributed by atoms with Crippen molar-refractivity contribution in [2.75, 3.05) is 6.54 Å². The molecular weight excluding hydrogens is 208 g/mol. The van der Waals surface area contributed by atoms with Crippen molar-refractivity contribution in [2.45, 2.75) is 52.2 Å². The van der Waals surface area contributed by atoms with Gasteiger partial charge in [-0.3, -0.25) is 4.90 Å². The first-order valence-electron chi connectivity index (χ1n) is 6.51. The highest BCUT2D eigenvalue weighted by Gasteiger charge is 2.21. The molecule has 2 heteroatoms. The smallest absolute Gasteiger partial charge is 0.0252 e. The van der Waals surface area contributed by atoms with E-state index in [9.17, 15) is 0 Å². The topological polar surface area (TPSA) is 29.3 Å². The van der Waals surface area contributed by atoms with E-state index in [1.165, 1.54) is 5.56 Å². The van der Waals surface area contributed by atoms with Crippen LogP contribution in [0.15, 0.2) is 30.3 Å². The molecule has 0 aromatic heterocycles. The molecule has 2 nitrogen and oxygen atoms in total. The molecule has 0 amide bonds. The van der Waals surface area contributed by atoms with Crippen LogP contribution in [0.4, 0.5) is 0 Å². The molecule has 1 unspecified atom stereocenters.